The van der Waals surface area contributed by atoms with E-state index in [-0.39, 0.29) is 11.8 Å². The number of carbonyl (C=O) groups excluding carboxylic acids is 2. The quantitative estimate of drug-likeness (QED) is 0.450. The molecule has 7 nitrogen and oxygen atoms in total. The fraction of sp³-hybridized carbons (Fsp3) is 0.148. The van der Waals surface area contributed by atoms with Gasteiger partial charge in [-0.25, -0.2) is 4.68 Å². The van der Waals surface area contributed by atoms with Gasteiger partial charge >= 0.3 is 0 Å². The second-order valence-electron chi connectivity index (χ2n) is 7.99. The van der Waals surface area contributed by atoms with Crippen LogP contribution in [0.1, 0.15) is 23.2 Å². The number of hydrogen-bond donors (Lipinski definition) is 1. The fourth-order valence-corrected chi connectivity index (χ4v) is 4.20. The van der Waals surface area contributed by atoms with Crippen molar-refractivity contribution in [1.82, 2.24) is 9.78 Å². The average Bonchev–Trinajstić information content (AvgIpc) is 3.51. The van der Waals surface area contributed by atoms with Gasteiger partial charge in [0.05, 0.1) is 29.7 Å². The minimum atomic E-state index is -0.317. The first kappa shape index (κ1) is 21.5. The molecule has 2 heterocycles. The van der Waals surface area contributed by atoms with Crippen LogP contribution in [0.2, 0.25) is 0 Å². The van der Waals surface area contributed by atoms with E-state index in [0.717, 1.165) is 12.1 Å². The zero-order valence-corrected chi connectivity index (χ0v) is 18.8. The highest BCUT2D eigenvalue weighted by Crippen LogP contribution is 2.34. The summed E-state index contributed by atoms with van der Waals surface area (Å²) in [6, 6.07) is 24.5. The molecule has 2 amide bonds. The molecule has 0 atom stereocenters. The van der Waals surface area contributed by atoms with Crippen molar-refractivity contribution >= 4 is 23.2 Å². The Labute approximate surface area is 197 Å². The van der Waals surface area contributed by atoms with Crippen LogP contribution < -0.4 is 15.0 Å². The van der Waals surface area contributed by atoms with Gasteiger partial charge in [0.25, 0.3) is 5.91 Å². The second-order valence-corrected chi connectivity index (χ2v) is 7.99. The number of aromatic nitrogens is 2. The molecule has 0 unspecified atom stereocenters. The molecule has 0 radical (unpaired) electrons. The lowest BCUT2D eigenvalue weighted by atomic mass is 10.1. The molecule has 1 fully saturated rings. The molecule has 0 spiro atoms. The van der Waals surface area contributed by atoms with Crippen LogP contribution >= 0.6 is 0 Å². The van der Waals surface area contributed by atoms with Gasteiger partial charge in [0.15, 0.2) is 0 Å². The van der Waals surface area contributed by atoms with Crippen molar-refractivity contribution in [2.45, 2.75) is 12.8 Å². The lowest BCUT2D eigenvalue weighted by molar-refractivity contribution is -0.117. The van der Waals surface area contributed by atoms with E-state index in [0.29, 0.717) is 46.9 Å². The maximum atomic E-state index is 13.6. The van der Waals surface area contributed by atoms with Crippen LogP contribution in [0.3, 0.4) is 0 Å². The van der Waals surface area contributed by atoms with Crippen LogP contribution in [0.4, 0.5) is 11.4 Å². The summed E-state index contributed by atoms with van der Waals surface area (Å²) in [5.41, 5.74) is 3.74. The van der Waals surface area contributed by atoms with Crippen molar-refractivity contribution in [1.29, 1.82) is 0 Å². The molecule has 1 aliphatic rings. The molecule has 4 aromatic rings. The number of amides is 2. The van der Waals surface area contributed by atoms with Gasteiger partial charge < -0.3 is 15.0 Å². The third kappa shape index (κ3) is 4.03. The summed E-state index contributed by atoms with van der Waals surface area (Å²) >= 11 is 0. The average molecular weight is 453 g/mol. The number of methoxy groups -OCH3 is 1. The number of carbonyl (C=O) groups is 2. The Bertz CT molecular complexity index is 1350. The zero-order chi connectivity index (χ0) is 23.5. The normalized spacial score (nSPS) is 13.2. The predicted octanol–water partition coefficient (Wildman–Crippen LogP) is 4.93. The molecule has 170 valence electrons. The van der Waals surface area contributed by atoms with Gasteiger partial charge in [-0.05, 0) is 42.8 Å². The summed E-state index contributed by atoms with van der Waals surface area (Å²) in [4.78, 5) is 27.7. The highest BCUT2D eigenvalue weighted by atomic mass is 16.5. The molecule has 7 heteroatoms. The van der Waals surface area contributed by atoms with Gasteiger partial charge in [-0.2, -0.15) is 5.10 Å². The van der Waals surface area contributed by atoms with Crippen molar-refractivity contribution in [2.75, 3.05) is 23.9 Å². The molecule has 1 aliphatic heterocycles. The SMILES string of the molecule is COc1ccccc1-c1nn(-c2ccccc2)cc1C(=O)Nc1ccccc1N1CCCC1=O. The van der Waals surface area contributed by atoms with E-state index < -0.39 is 0 Å². The van der Waals surface area contributed by atoms with Gasteiger partial charge in [0.1, 0.15) is 11.4 Å². The summed E-state index contributed by atoms with van der Waals surface area (Å²) in [5.74, 6) is 0.369. The smallest absolute Gasteiger partial charge is 0.259 e. The van der Waals surface area contributed by atoms with Crippen LogP contribution in [0.5, 0.6) is 5.75 Å². The standard InChI is InChI=1S/C27H24N4O3/c1-34-24-15-8-5-12-20(24)26-21(18-31(29-26)19-10-3-2-4-11-19)27(33)28-22-13-6-7-14-23(22)30-17-9-16-25(30)32/h2-8,10-15,18H,9,16-17H2,1H3,(H,28,33). The molecule has 1 saturated heterocycles. The summed E-state index contributed by atoms with van der Waals surface area (Å²) < 4.78 is 7.23. The topological polar surface area (TPSA) is 76.5 Å². The molecular weight excluding hydrogens is 428 g/mol. The Hall–Kier alpha value is -4.39. The number of ether oxygens (including phenoxy) is 1. The molecular formula is C27H24N4O3. The first-order valence-corrected chi connectivity index (χ1v) is 11.1. The molecule has 34 heavy (non-hydrogen) atoms. The monoisotopic (exact) mass is 452 g/mol. The van der Waals surface area contributed by atoms with Gasteiger partial charge in [-0.3, -0.25) is 9.59 Å². The van der Waals surface area contributed by atoms with E-state index in [1.165, 1.54) is 0 Å². The van der Waals surface area contributed by atoms with E-state index >= 15 is 0 Å². The maximum Gasteiger partial charge on any atom is 0.259 e. The number of nitrogens with one attached hydrogen (secondary N) is 1. The largest absolute Gasteiger partial charge is 0.496 e. The maximum absolute atomic E-state index is 13.6. The third-order valence-corrected chi connectivity index (χ3v) is 5.86. The lowest BCUT2D eigenvalue weighted by Crippen LogP contribution is -2.25. The summed E-state index contributed by atoms with van der Waals surface area (Å²) in [6.45, 7) is 0.643. The summed E-state index contributed by atoms with van der Waals surface area (Å²) in [5, 5.41) is 7.75. The van der Waals surface area contributed by atoms with Gasteiger partial charge in [-0.1, -0.05) is 42.5 Å². The molecule has 0 bridgehead atoms. The van der Waals surface area contributed by atoms with Gasteiger partial charge in [0, 0.05) is 24.7 Å². The van der Waals surface area contributed by atoms with Crippen LogP contribution in [0.15, 0.2) is 85.1 Å². The van der Waals surface area contributed by atoms with Crippen LogP contribution in [0, 0.1) is 0 Å². The van der Waals surface area contributed by atoms with Crippen molar-refractivity contribution in [3.05, 3.63) is 90.6 Å². The summed E-state index contributed by atoms with van der Waals surface area (Å²) in [7, 11) is 1.59. The first-order chi connectivity index (χ1) is 16.7. The second kappa shape index (κ2) is 9.23. The number of nitrogens with zero attached hydrogens (tertiary/aromatic N) is 3. The zero-order valence-electron chi connectivity index (χ0n) is 18.8. The number of anilines is 2. The Morgan fingerprint density at radius 2 is 1.71 bits per heavy atom. The number of hydrogen-bond acceptors (Lipinski definition) is 4. The van der Waals surface area contributed by atoms with E-state index in [2.05, 4.69) is 5.32 Å². The predicted molar refractivity (Wildman–Crippen MR) is 132 cm³/mol. The highest BCUT2D eigenvalue weighted by molar-refractivity contribution is 6.11. The number of rotatable bonds is 6. The molecule has 1 aromatic heterocycles. The minimum Gasteiger partial charge on any atom is -0.496 e. The van der Waals surface area contributed by atoms with E-state index in [1.807, 2.05) is 78.9 Å². The van der Waals surface area contributed by atoms with Gasteiger partial charge in [0.2, 0.25) is 5.91 Å². The number of para-hydroxylation sites is 4. The molecule has 5 rings (SSSR count). The molecule has 0 aliphatic carbocycles. The minimum absolute atomic E-state index is 0.0632. The third-order valence-electron chi connectivity index (χ3n) is 5.86. The Morgan fingerprint density at radius 1 is 0.971 bits per heavy atom. The Kier molecular flexibility index (Phi) is 5.82. The van der Waals surface area contributed by atoms with E-state index in [9.17, 15) is 9.59 Å². The lowest BCUT2D eigenvalue weighted by Gasteiger charge is -2.20. The van der Waals surface area contributed by atoms with E-state index in [1.54, 1.807) is 22.9 Å². The highest BCUT2D eigenvalue weighted by Gasteiger charge is 2.26. The molecule has 1 N–H and O–H groups in total. The number of benzene rings is 3. The Morgan fingerprint density at radius 3 is 2.47 bits per heavy atom. The Balaban J connectivity index is 1.57. The molecule has 0 saturated carbocycles. The van der Waals surface area contributed by atoms with Crippen molar-refractivity contribution in [3.63, 3.8) is 0 Å². The van der Waals surface area contributed by atoms with Crippen LogP contribution in [-0.4, -0.2) is 35.2 Å². The first-order valence-electron chi connectivity index (χ1n) is 11.1. The fourth-order valence-electron chi connectivity index (χ4n) is 4.20. The van der Waals surface area contributed by atoms with Gasteiger partial charge in [-0.15, -0.1) is 0 Å². The van der Waals surface area contributed by atoms with Crippen molar-refractivity contribution < 1.29 is 14.3 Å². The van der Waals surface area contributed by atoms with Crippen molar-refractivity contribution in [2.24, 2.45) is 0 Å². The van der Waals surface area contributed by atoms with E-state index in [4.69, 9.17) is 9.84 Å². The molecule has 3 aromatic carbocycles. The summed E-state index contributed by atoms with van der Waals surface area (Å²) in [6.07, 6.45) is 3.04. The van der Waals surface area contributed by atoms with Crippen LogP contribution in [-0.2, 0) is 4.79 Å². The van der Waals surface area contributed by atoms with Crippen molar-refractivity contribution in [3.8, 4) is 22.7 Å². The van der Waals surface area contributed by atoms with Crippen LogP contribution in [0.25, 0.3) is 16.9 Å².